The minimum Gasteiger partial charge on any atom is -0.455 e. The lowest BCUT2D eigenvalue weighted by Gasteiger charge is -2.11. The van der Waals surface area contributed by atoms with Crippen LogP contribution in [0.25, 0.3) is 110 Å². The standard InChI is InChI=1S/C51H31N3OS/c1-4-15-32(16-5-1)42-31-43(54-51(53-42)36-19-8-3-9-20-36)33-27-29-34(30-28-33)45-46-47(35-17-6-2-7-18-35)52-41-25-12-10-22-39(41)48(46)55-49(45)40-24-14-23-38-37-21-11-13-26-44(37)56-50(38)40/h1-31H. The van der Waals surface area contributed by atoms with E-state index in [-0.39, 0.29) is 0 Å². The largest absolute Gasteiger partial charge is 0.455 e. The highest BCUT2D eigenvalue weighted by molar-refractivity contribution is 7.26. The van der Waals surface area contributed by atoms with Crippen molar-refractivity contribution in [1.29, 1.82) is 0 Å². The number of thiophene rings is 1. The number of furan rings is 1. The van der Waals surface area contributed by atoms with E-state index in [0.717, 1.165) is 83.7 Å². The quantitative estimate of drug-likeness (QED) is 0.171. The van der Waals surface area contributed by atoms with Gasteiger partial charge >= 0.3 is 0 Å². The Kier molecular flexibility index (Phi) is 7.64. The van der Waals surface area contributed by atoms with Crippen LogP contribution in [0.15, 0.2) is 192 Å². The third-order valence-corrected chi connectivity index (χ3v) is 11.7. The Morgan fingerprint density at radius 2 is 1.00 bits per heavy atom. The van der Waals surface area contributed by atoms with E-state index in [1.807, 2.05) is 59.9 Å². The number of nitrogens with zero attached hydrogens (tertiary/aromatic N) is 3. The molecule has 7 aromatic carbocycles. The summed E-state index contributed by atoms with van der Waals surface area (Å²) < 4.78 is 9.66. The van der Waals surface area contributed by atoms with Gasteiger partial charge in [0.25, 0.3) is 0 Å². The topological polar surface area (TPSA) is 51.8 Å². The number of aromatic nitrogens is 3. The van der Waals surface area contributed by atoms with Crippen LogP contribution in [0.3, 0.4) is 0 Å². The molecule has 0 spiro atoms. The Balaban J connectivity index is 1.16. The minimum atomic E-state index is 0.691. The van der Waals surface area contributed by atoms with E-state index in [9.17, 15) is 0 Å². The molecule has 0 bridgehead atoms. The summed E-state index contributed by atoms with van der Waals surface area (Å²) in [5.74, 6) is 1.52. The van der Waals surface area contributed by atoms with Gasteiger partial charge in [-0.05, 0) is 35.9 Å². The van der Waals surface area contributed by atoms with Crippen molar-refractivity contribution in [2.75, 3.05) is 0 Å². The molecule has 4 nitrogen and oxygen atoms in total. The van der Waals surface area contributed by atoms with E-state index in [2.05, 4.69) is 140 Å². The van der Waals surface area contributed by atoms with Gasteiger partial charge in [0.15, 0.2) is 5.82 Å². The van der Waals surface area contributed by atoms with Gasteiger partial charge in [-0.3, -0.25) is 0 Å². The molecule has 0 unspecified atom stereocenters. The van der Waals surface area contributed by atoms with Crippen molar-refractivity contribution in [3.05, 3.63) is 188 Å². The van der Waals surface area contributed by atoms with Crippen LogP contribution in [0.5, 0.6) is 0 Å². The molecule has 11 aromatic rings. The highest BCUT2D eigenvalue weighted by atomic mass is 32.1. The van der Waals surface area contributed by atoms with Crippen LogP contribution < -0.4 is 0 Å². The van der Waals surface area contributed by atoms with Crippen molar-refractivity contribution in [2.24, 2.45) is 0 Å². The third kappa shape index (κ3) is 5.40. The molecule has 0 radical (unpaired) electrons. The number of fused-ring (bicyclic) bond motifs is 6. The van der Waals surface area contributed by atoms with Crippen molar-refractivity contribution in [3.8, 4) is 67.6 Å². The van der Waals surface area contributed by atoms with Gasteiger partial charge in [0.2, 0.25) is 0 Å². The Labute approximate surface area is 327 Å². The molecule has 5 heteroatoms. The van der Waals surface area contributed by atoms with Gasteiger partial charge in [-0.1, -0.05) is 158 Å². The average molecular weight is 734 g/mol. The molecule has 0 aliphatic rings. The first-order chi connectivity index (χ1) is 27.8. The summed E-state index contributed by atoms with van der Waals surface area (Å²) >= 11 is 1.81. The summed E-state index contributed by atoms with van der Waals surface area (Å²) in [5, 5.41) is 4.46. The number of pyridine rings is 1. The van der Waals surface area contributed by atoms with Crippen LogP contribution in [0, 0.1) is 0 Å². The van der Waals surface area contributed by atoms with E-state index in [0.29, 0.717) is 5.82 Å². The molecule has 56 heavy (non-hydrogen) atoms. The summed E-state index contributed by atoms with van der Waals surface area (Å²) in [6.07, 6.45) is 0. The molecule has 0 N–H and O–H groups in total. The SMILES string of the molecule is c1ccc(-c2cc(-c3ccc(-c4c(-c5cccc6c5sc5ccccc56)oc5c4c(-c4ccccc4)nc4ccccc45)cc3)nc(-c3ccccc3)n2)cc1. The number of benzene rings is 7. The molecule has 4 heterocycles. The zero-order valence-corrected chi connectivity index (χ0v) is 30.9. The van der Waals surface area contributed by atoms with Gasteiger partial charge in [-0.2, -0.15) is 0 Å². The first-order valence-corrected chi connectivity index (χ1v) is 19.5. The van der Waals surface area contributed by atoms with E-state index in [1.54, 1.807) is 0 Å². The summed E-state index contributed by atoms with van der Waals surface area (Å²) in [6, 6.07) is 65.2. The monoisotopic (exact) mass is 733 g/mol. The summed E-state index contributed by atoms with van der Waals surface area (Å²) in [5.41, 5.74) is 11.5. The van der Waals surface area contributed by atoms with Crippen molar-refractivity contribution in [3.63, 3.8) is 0 Å². The van der Waals surface area contributed by atoms with E-state index < -0.39 is 0 Å². The summed E-state index contributed by atoms with van der Waals surface area (Å²) in [6.45, 7) is 0. The molecule has 4 aromatic heterocycles. The van der Waals surface area contributed by atoms with Gasteiger partial charge in [0.05, 0.1) is 28.0 Å². The highest BCUT2D eigenvalue weighted by Gasteiger charge is 2.26. The van der Waals surface area contributed by atoms with Gasteiger partial charge in [-0.15, -0.1) is 11.3 Å². The molecule has 0 saturated heterocycles. The summed E-state index contributed by atoms with van der Waals surface area (Å²) in [4.78, 5) is 15.5. The highest BCUT2D eigenvalue weighted by Crippen LogP contribution is 2.50. The lowest BCUT2D eigenvalue weighted by atomic mass is 9.93. The Morgan fingerprint density at radius 1 is 0.429 bits per heavy atom. The van der Waals surface area contributed by atoms with Gasteiger partial charge in [0, 0.05) is 58.9 Å². The van der Waals surface area contributed by atoms with Crippen LogP contribution in [-0.4, -0.2) is 15.0 Å². The van der Waals surface area contributed by atoms with Crippen LogP contribution in [0.1, 0.15) is 0 Å². The molecular weight excluding hydrogens is 703 g/mol. The van der Waals surface area contributed by atoms with Gasteiger partial charge in [0.1, 0.15) is 11.3 Å². The van der Waals surface area contributed by atoms with E-state index >= 15 is 0 Å². The minimum absolute atomic E-state index is 0.691. The van der Waals surface area contributed by atoms with Crippen molar-refractivity contribution in [1.82, 2.24) is 15.0 Å². The van der Waals surface area contributed by atoms with Crippen molar-refractivity contribution in [2.45, 2.75) is 0 Å². The van der Waals surface area contributed by atoms with E-state index in [4.69, 9.17) is 19.4 Å². The fourth-order valence-corrected chi connectivity index (χ4v) is 9.07. The fourth-order valence-electron chi connectivity index (χ4n) is 7.86. The van der Waals surface area contributed by atoms with Crippen LogP contribution in [-0.2, 0) is 0 Å². The lowest BCUT2D eigenvalue weighted by Crippen LogP contribution is -1.96. The first-order valence-electron chi connectivity index (χ1n) is 18.7. The molecule has 0 aliphatic heterocycles. The lowest BCUT2D eigenvalue weighted by molar-refractivity contribution is 0.636. The smallest absolute Gasteiger partial charge is 0.160 e. The van der Waals surface area contributed by atoms with Crippen LogP contribution in [0.4, 0.5) is 0 Å². The third-order valence-electron chi connectivity index (χ3n) is 10.5. The van der Waals surface area contributed by atoms with Gasteiger partial charge in [-0.25, -0.2) is 15.0 Å². The molecule has 0 aliphatic carbocycles. The Morgan fingerprint density at radius 3 is 1.73 bits per heavy atom. The maximum absolute atomic E-state index is 7.21. The second-order valence-corrected chi connectivity index (χ2v) is 15.0. The molecule has 11 rings (SSSR count). The van der Waals surface area contributed by atoms with Gasteiger partial charge < -0.3 is 4.42 Å². The molecule has 0 fully saturated rings. The number of hydrogen-bond acceptors (Lipinski definition) is 5. The molecular formula is C51H31N3OS. The van der Waals surface area contributed by atoms with Crippen LogP contribution >= 0.6 is 11.3 Å². The number of para-hydroxylation sites is 1. The average Bonchev–Trinajstić information content (AvgIpc) is 3.87. The van der Waals surface area contributed by atoms with Crippen molar-refractivity contribution < 1.29 is 4.42 Å². The van der Waals surface area contributed by atoms with Crippen LogP contribution in [0.2, 0.25) is 0 Å². The van der Waals surface area contributed by atoms with E-state index in [1.165, 1.54) is 20.2 Å². The normalized spacial score (nSPS) is 11.6. The molecule has 0 amide bonds. The molecule has 0 saturated carbocycles. The number of hydrogen-bond donors (Lipinski definition) is 0. The number of rotatable bonds is 6. The maximum Gasteiger partial charge on any atom is 0.160 e. The predicted octanol–water partition coefficient (Wildman–Crippen LogP) is 14.1. The van der Waals surface area contributed by atoms with Crippen molar-refractivity contribution >= 4 is 53.4 Å². The second-order valence-electron chi connectivity index (χ2n) is 13.9. The molecule has 262 valence electrons. The Bertz CT molecular complexity index is 3170. The zero-order valence-electron chi connectivity index (χ0n) is 30.1. The fraction of sp³-hybridized carbons (Fsp3) is 0. The second kappa shape index (κ2) is 13.3. The molecule has 0 atom stereocenters. The Hall–Kier alpha value is -7.21. The predicted molar refractivity (Wildman–Crippen MR) is 233 cm³/mol. The zero-order chi connectivity index (χ0) is 37.0. The first kappa shape index (κ1) is 32.2. The maximum atomic E-state index is 7.21. The summed E-state index contributed by atoms with van der Waals surface area (Å²) in [7, 11) is 0.